The maximum atomic E-state index is 12.0. The van der Waals surface area contributed by atoms with Gasteiger partial charge in [0.1, 0.15) is 0 Å². The third-order valence-electron chi connectivity index (χ3n) is 2.76. The summed E-state index contributed by atoms with van der Waals surface area (Å²) in [7, 11) is 0. The van der Waals surface area contributed by atoms with E-state index >= 15 is 0 Å². The summed E-state index contributed by atoms with van der Waals surface area (Å²) in [6, 6.07) is 9.33. The molecule has 114 valence electrons. The fourth-order valence-corrected chi connectivity index (χ4v) is 2.61. The van der Waals surface area contributed by atoms with Gasteiger partial charge in [0, 0.05) is 5.56 Å². The van der Waals surface area contributed by atoms with Crippen molar-refractivity contribution in [2.24, 2.45) is 0 Å². The van der Waals surface area contributed by atoms with Crippen LogP contribution < -0.4 is 0 Å². The van der Waals surface area contributed by atoms with E-state index < -0.39 is 18.4 Å². The van der Waals surface area contributed by atoms with E-state index in [1.165, 1.54) is 18.2 Å². The van der Waals surface area contributed by atoms with Gasteiger partial charge in [0.25, 0.3) is 0 Å². The lowest BCUT2D eigenvalue weighted by Crippen LogP contribution is -2.15. The minimum Gasteiger partial charge on any atom is -0.454 e. The molecule has 0 aliphatic rings. The lowest BCUT2D eigenvalue weighted by molar-refractivity contribution is 0.0475. The molecule has 0 saturated heterocycles. The zero-order chi connectivity index (χ0) is 16.3. The molecule has 0 aromatic heterocycles. The smallest absolute Gasteiger partial charge is 0.341 e. The second-order valence-electron chi connectivity index (χ2n) is 4.20. The van der Waals surface area contributed by atoms with E-state index in [4.69, 9.17) is 51.1 Å². The van der Waals surface area contributed by atoms with Crippen LogP contribution in [0.5, 0.6) is 0 Å². The van der Waals surface area contributed by atoms with Crippen LogP contribution in [0.15, 0.2) is 36.4 Å². The largest absolute Gasteiger partial charge is 0.454 e. The summed E-state index contributed by atoms with van der Waals surface area (Å²) in [5, 5.41) is 0.506. The van der Waals surface area contributed by atoms with Crippen LogP contribution in [-0.4, -0.2) is 18.4 Å². The molecule has 2 rings (SSSR count). The Hall–Kier alpha value is -1.26. The van der Waals surface area contributed by atoms with Crippen LogP contribution in [0.1, 0.15) is 20.7 Å². The number of Topliss-reactive ketones (excluding diaryl/α,β-unsaturated/α-hetero) is 1. The molecule has 0 radical (unpaired) electrons. The minimum atomic E-state index is -0.835. The van der Waals surface area contributed by atoms with Crippen molar-refractivity contribution < 1.29 is 14.3 Å². The molecule has 2 aromatic rings. The first-order chi connectivity index (χ1) is 10.4. The van der Waals surface area contributed by atoms with Crippen LogP contribution in [0, 0.1) is 0 Å². The van der Waals surface area contributed by atoms with Crippen molar-refractivity contribution in [1.29, 1.82) is 0 Å². The highest BCUT2D eigenvalue weighted by Gasteiger charge is 2.20. The zero-order valence-electron chi connectivity index (χ0n) is 10.9. The normalized spacial score (nSPS) is 10.4. The summed E-state index contributed by atoms with van der Waals surface area (Å²) < 4.78 is 4.94. The molecular weight excluding hydrogens is 370 g/mol. The standard InChI is InChI=1S/C15H8Cl4O3/c16-9-4-2-1-3-8(9)12(20)7-22-15(21)13-10(17)5-6-11(18)14(13)19/h1-6H,7H2. The van der Waals surface area contributed by atoms with E-state index in [9.17, 15) is 9.59 Å². The van der Waals surface area contributed by atoms with E-state index in [0.29, 0.717) is 0 Å². The Kier molecular flexibility index (Phi) is 5.70. The highest BCUT2D eigenvalue weighted by molar-refractivity contribution is 6.46. The summed E-state index contributed by atoms with van der Waals surface area (Å²) >= 11 is 23.6. The molecule has 0 aliphatic heterocycles. The van der Waals surface area contributed by atoms with Gasteiger partial charge in [-0.15, -0.1) is 0 Å². The van der Waals surface area contributed by atoms with Gasteiger partial charge >= 0.3 is 5.97 Å². The second kappa shape index (κ2) is 7.34. The SMILES string of the molecule is O=C(COC(=O)c1c(Cl)ccc(Cl)c1Cl)c1ccccc1Cl. The van der Waals surface area contributed by atoms with Crippen molar-refractivity contribution >= 4 is 58.2 Å². The van der Waals surface area contributed by atoms with Gasteiger partial charge in [-0.25, -0.2) is 4.79 Å². The molecule has 0 amide bonds. The van der Waals surface area contributed by atoms with Crippen molar-refractivity contribution in [3.05, 3.63) is 67.6 Å². The van der Waals surface area contributed by atoms with E-state index in [2.05, 4.69) is 0 Å². The molecular formula is C15H8Cl4O3. The van der Waals surface area contributed by atoms with Crippen molar-refractivity contribution in [3.63, 3.8) is 0 Å². The summed E-state index contributed by atoms with van der Waals surface area (Å²) in [6.45, 7) is -0.484. The highest BCUT2D eigenvalue weighted by atomic mass is 35.5. The number of ether oxygens (including phenoxy) is 1. The summed E-state index contributed by atoms with van der Waals surface area (Å²) in [6.07, 6.45) is 0. The van der Waals surface area contributed by atoms with Crippen molar-refractivity contribution in [1.82, 2.24) is 0 Å². The van der Waals surface area contributed by atoms with Crippen LogP contribution in [0.25, 0.3) is 0 Å². The fourth-order valence-electron chi connectivity index (χ4n) is 1.68. The van der Waals surface area contributed by atoms with E-state index in [1.807, 2.05) is 0 Å². The molecule has 0 spiro atoms. The number of carbonyl (C=O) groups is 2. The lowest BCUT2D eigenvalue weighted by atomic mass is 10.1. The Morgan fingerprint density at radius 1 is 0.864 bits per heavy atom. The lowest BCUT2D eigenvalue weighted by Gasteiger charge is -2.09. The third kappa shape index (κ3) is 3.73. The predicted octanol–water partition coefficient (Wildman–Crippen LogP) is 5.34. The van der Waals surface area contributed by atoms with Gasteiger partial charge in [-0.1, -0.05) is 58.5 Å². The average Bonchev–Trinajstić information content (AvgIpc) is 2.49. The topological polar surface area (TPSA) is 43.4 Å². The third-order valence-corrected chi connectivity index (χ3v) is 4.21. The zero-order valence-corrected chi connectivity index (χ0v) is 13.9. The van der Waals surface area contributed by atoms with Crippen LogP contribution in [0.4, 0.5) is 0 Å². The van der Waals surface area contributed by atoms with E-state index in [0.717, 1.165) is 0 Å². The Labute approximate surface area is 146 Å². The van der Waals surface area contributed by atoms with Crippen molar-refractivity contribution in [3.8, 4) is 0 Å². The van der Waals surface area contributed by atoms with E-state index in [-0.39, 0.29) is 31.2 Å². The quantitative estimate of drug-likeness (QED) is 0.410. The number of rotatable bonds is 4. The summed E-state index contributed by atoms with van der Waals surface area (Å²) in [5.41, 5.74) is 0.183. The molecule has 0 atom stereocenters. The van der Waals surface area contributed by atoms with Crippen LogP contribution in [0.3, 0.4) is 0 Å². The monoisotopic (exact) mass is 376 g/mol. The number of ketones is 1. The van der Waals surface area contributed by atoms with Gasteiger partial charge in [-0.3, -0.25) is 4.79 Å². The number of halogens is 4. The molecule has 0 fully saturated rings. The van der Waals surface area contributed by atoms with Gasteiger partial charge in [0.2, 0.25) is 5.78 Å². The second-order valence-corrected chi connectivity index (χ2v) is 5.80. The van der Waals surface area contributed by atoms with E-state index in [1.54, 1.807) is 18.2 Å². The molecule has 2 aromatic carbocycles. The fraction of sp³-hybridized carbons (Fsp3) is 0.0667. The molecule has 3 nitrogen and oxygen atoms in total. The minimum absolute atomic E-state index is 0.0237. The highest BCUT2D eigenvalue weighted by Crippen LogP contribution is 2.31. The van der Waals surface area contributed by atoms with Crippen molar-refractivity contribution in [2.75, 3.05) is 6.61 Å². The summed E-state index contributed by atoms with van der Waals surface area (Å²) in [5.74, 6) is -1.27. The Bertz CT molecular complexity index is 744. The molecule has 0 saturated carbocycles. The molecule has 0 unspecified atom stereocenters. The molecule has 0 heterocycles. The maximum absolute atomic E-state index is 12.0. The van der Waals surface area contributed by atoms with Crippen molar-refractivity contribution in [2.45, 2.75) is 0 Å². The van der Waals surface area contributed by atoms with Crippen LogP contribution in [-0.2, 0) is 4.74 Å². The predicted molar refractivity (Wildman–Crippen MR) is 87.5 cm³/mol. The number of hydrogen-bond donors (Lipinski definition) is 0. The number of esters is 1. The van der Waals surface area contributed by atoms with Crippen LogP contribution in [0.2, 0.25) is 20.1 Å². The Morgan fingerprint density at radius 2 is 1.50 bits per heavy atom. The molecule has 0 aliphatic carbocycles. The van der Waals surface area contributed by atoms with Gasteiger partial charge < -0.3 is 4.74 Å². The number of benzene rings is 2. The van der Waals surface area contributed by atoms with Gasteiger partial charge in [0.15, 0.2) is 6.61 Å². The first-order valence-corrected chi connectivity index (χ1v) is 7.51. The number of hydrogen-bond acceptors (Lipinski definition) is 3. The molecule has 7 heteroatoms. The molecule has 0 N–H and O–H groups in total. The number of carbonyl (C=O) groups excluding carboxylic acids is 2. The maximum Gasteiger partial charge on any atom is 0.341 e. The van der Waals surface area contributed by atoms with Gasteiger partial charge in [-0.05, 0) is 24.3 Å². The Balaban J connectivity index is 2.13. The molecule has 0 bridgehead atoms. The first-order valence-electron chi connectivity index (χ1n) is 6.00. The first kappa shape index (κ1) is 17.1. The van der Waals surface area contributed by atoms with Crippen LogP contribution >= 0.6 is 46.4 Å². The Morgan fingerprint density at radius 3 is 2.18 bits per heavy atom. The van der Waals surface area contributed by atoms with Gasteiger partial charge in [-0.2, -0.15) is 0 Å². The molecule has 22 heavy (non-hydrogen) atoms. The average molecular weight is 378 g/mol. The summed E-state index contributed by atoms with van der Waals surface area (Å²) in [4.78, 5) is 24.0. The van der Waals surface area contributed by atoms with Gasteiger partial charge in [0.05, 0.1) is 25.7 Å².